The van der Waals surface area contributed by atoms with Crippen molar-refractivity contribution in [2.75, 3.05) is 7.11 Å². The first kappa shape index (κ1) is 8.36. The van der Waals surface area contributed by atoms with E-state index in [1.807, 2.05) is 0 Å². The molecule has 2 rings (SSSR count). The maximum absolute atomic E-state index is 5.32. The Labute approximate surface area is 79.0 Å². The zero-order valence-corrected chi connectivity index (χ0v) is 8.08. The molecular formula is C12H14O. The summed E-state index contributed by atoms with van der Waals surface area (Å²) in [5.41, 5.74) is 2.83. The van der Waals surface area contributed by atoms with Gasteiger partial charge in [-0.15, -0.1) is 0 Å². The molecule has 1 aromatic rings. The van der Waals surface area contributed by atoms with E-state index in [-0.39, 0.29) is 0 Å². The van der Waals surface area contributed by atoms with Gasteiger partial charge in [0.05, 0.1) is 12.9 Å². The topological polar surface area (TPSA) is 9.23 Å². The molecule has 68 valence electrons. The van der Waals surface area contributed by atoms with Crippen molar-refractivity contribution in [3.8, 4) is 0 Å². The van der Waals surface area contributed by atoms with E-state index in [1.54, 1.807) is 7.11 Å². The highest BCUT2D eigenvalue weighted by Crippen LogP contribution is 2.31. The van der Waals surface area contributed by atoms with Crippen molar-refractivity contribution in [1.82, 2.24) is 0 Å². The fourth-order valence-electron chi connectivity index (χ4n) is 1.94. The van der Waals surface area contributed by atoms with E-state index >= 15 is 0 Å². The van der Waals surface area contributed by atoms with Crippen molar-refractivity contribution in [3.63, 3.8) is 0 Å². The van der Waals surface area contributed by atoms with Gasteiger partial charge in [0.25, 0.3) is 0 Å². The molecule has 0 saturated carbocycles. The molecule has 0 bridgehead atoms. The molecule has 0 aliphatic heterocycles. The van der Waals surface area contributed by atoms with Gasteiger partial charge in [-0.3, -0.25) is 0 Å². The summed E-state index contributed by atoms with van der Waals surface area (Å²) in [7, 11) is 1.75. The average Bonchev–Trinajstić information content (AvgIpc) is 2.19. The lowest BCUT2D eigenvalue weighted by molar-refractivity contribution is 0.264. The largest absolute Gasteiger partial charge is 0.501 e. The molecule has 0 spiro atoms. The van der Waals surface area contributed by atoms with Crippen LogP contribution in [0.25, 0.3) is 0 Å². The Kier molecular flexibility index (Phi) is 2.09. The maximum Gasteiger partial charge on any atom is 0.0990 e. The van der Waals surface area contributed by atoms with E-state index in [4.69, 9.17) is 4.74 Å². The molecule has 1 unspecified atom stereocenters. The van der Waals surface area contributed by atoms with E-state index in [9.17, 15) is 0 Å². The number of benzene rings is 1. The monoisotopic (exact) mass is 174 g/mol. The fraction of sp³-hybridized carbons (Fsp3) is 0.333. The molecule has 0 saturated heterocycles. The van der Waals surface area contributed by atoms with E-state index in [0.717, 1.165) is 12.2 Å². The molecule has 0 N–H and O–H groups in total. The van der Waals surface area contributed by atoms with Crippen LogP contribution in [0.2, 0.25) is 0 Å². The molecule has 0 radical (unpaired) electrons. The standard InChI is InChI=1S/C12H14O/c1-9-11-6-4-3-5-10(11)7-8-12(9)13-2/h3-6,8-9H,7H2,1-2H3. The molecule has 1 atom stereocenters. The van der Waals surface area contributed by atoms with Crippen molar-refractivity contribution in [2.24, 2.45) is 0 Å². The fourth-order valence-corrected chi connectivity index (χ4v) is 1.94. The van der Waals surface area contributed by atoms with Crippen LogP contribution in [0.3, 0.4) is 0 Å². The van der Waals surface area contributed by atoms with Crippen LogP contribution in [0.4, 0.5) is 0 Å². The summed E-state index contributed by atoms with van der Waals surface area (Å²) in [5, 5.41) is 0. The van der Waals surface area contributed by atoms with Crippen molar-refractivity contribution < 1.29 is 4.74 Å². The smallest absolute Gasteiger partial charge is 0.0990 e. The summed E-state index contributed by atoms with van der Waals surface area (Å²) in [6.07, 6.45) is 3.18. The predicted octanol–water partition coefficient (Wildman–Crippen LogP) is 2.88. The minimum Gasteiger partial charge on any atom is -0.501 e. The van der Waals surface area contributed by atoms with Crippen LogP contribution in [0.1, 0.15) is 24.0 Å². The van der Waals surface area contributed by atoms with Gasteiger partial charge in [0, 0.05) is 5.92 Å². The molecule has 1 aromatic carbocycles. The number of methoxy groups -OCH3 is 1. The molecule has 1 aliphatic rings. The van der Waals surface area contributed by atoms with Crippen LogP contribution in [-0.2, 0) is 11.2 Å². The van der Waals surface area contributed by atoms with Crippen molar-refractivity contribution in [1.29, 1.82) is 0 Å². The molecule has 1 heteroatoms. The van der Waals surface area contributed by atoms with E-state index < -0.39 is 0 Å². The average molecular weight is 174 g/mol. The van der Waals surface area contributed by atoms with E-state index in [1.165, 1.54) is 11.1 Å². The first-order valence-electron chi connectivity index (χ1n) is 4.64. The summed E-state index contributed by atoms with van der Waals surface area (Å²) < 4.78 is 5.32. The lowest BCUT2D eigenvalue weighted by atomic mass is 9.88. The van der Waals surface area contributed by atoms with Crippen molar-refractivity contribution >= 4 is 0 Å². The first-order chi connectivity index (χ1) is 6.33. The highest BCUT2D eigenvalue weighted by atomic mass is 16.5. The zero-order valence-electron chi connectivity index (χ0n) is 8.08. The Morgan fingerprint density at radius 1 is 1.31 bits per heavy atom. The minimum absolute atomic E-state index is 0.412. The van der Waals surface area contributed by atoms with Crippen molar-refractivity contribution in [3.05, 3.63) is 47.2 Å². The van der Waals surface area contributed by atoms with Gasteiger partial charge >= 0.3 is 0 Å². The zero-order chi connectivity index (χ0) is 9.26. The third-order valence-electron chi connectivity index (χ3n) is 2.71. The highest BCUT2D eigenvalue weighted by Gasteiger charge is 2.18. The summed E-state index contributed by atoms with van der Waals surface area (Å²) in [6, 6.07) is 8.56. The van der Waals surface area contributed by atoms with Gasteiger partial charge in [0.2, 0.25) is 0 Å². The number of rotatable bonds is 1. The lowest BCUT2D eigenvalue weighted by Gasteiger charge is -2.22. The molecule has 0 amide bonds. The number of ether oxygens (including phenoxy) is 1. The third-order valence-corrected chi connectivity index (χ3v) is 2.71. The summed E-state index contributed by atoms with van der Waals surface area (Å²) in [4.78, 5) is 0. The van der Waals surface area contributed by atoms with Crippen LogP contribution in [0.15, 0.2) is 36.1 Å². The van der Waals surface area contributed by atoms with Crippen LogP contribution in [-0.4, -0.2) is 7.11 Å². The number of hydrogen-bond acceptors (Lipinski definition) is 1. The molecule has 1 nitrogen and oxygen atoms in total. The normalized spacial score (nSPS) is 20.5. The number of allylic oxidation sites excluding steroid dienone is 2. The molecular weight excluding hydrogens is 160 g/mol. The molecule has 0 aromatic heterocycles. The van der Waals surface area contributed by atoms with Gasteiger partial charge in [-0.1, -0.05) is 31.2 Å². The van der Waals surface area contributed by atoms with Gasteiger partial charge in [-0.25, -0.2) is 0 Å². The second-order valence-corrected chi connectivity index (χ2v) is 3.44. The first-order valence-corrected chi connectivity index (χ1v) is 4.64. The van der Waals surface area contributed by atoms with Gasteiger partial charge < -0.3 is 4.74 Å². The molecule has 0 fully saturated rings. The number of fused-ring (bicyclic) bond motifs is 1. The van der Waals surface area contributed by atoms with Gasteiger partial charge in [0.1, 0.15) is 0 Å². The number of hydrogen-bond donors (Lipinski definition) is 0. The van der Waals surface area contributed by atoms with Crippen LogP contribution in [0, 0.1) is 0 Å². The second-order valence-electron chi connectivity index (χ2n) is 3.44. The quantitative estimate of drug-likeness (QED) is 0.636. The molecule has 1 aliphatic carbocycles. The minimum atomic E-state index is 0.412. The summed E-state index contributed by atoms with van der Waals surface area (Å²) in [5.74, 6) is 1.51. The van der Waals surface area contributed by atoms with E-state index in [0.29, 0.717) is 5.92 Å². The van der Waals surface area contributed by atoms with Gasteiger partial charge in [0.15, 0.2) is 0 Å². The SMILES string of the molecule is COC1=CCc2ccccc2C1C. The maximum atomic E-state index is 5.32. The molecule has 0 heterocycles. The Morgan fingerprint density at radius 2 is 2.08 bits per heavy atom. The third kappa shape index (κ3) is 1.35. The predicted molar refractivity (Wildman–Crippen MR) is 53.7 cm³/mol. The van der Waals surface area contributed by atoms with Crippen LogP contribution >= 0.6 is 0 Å². The summed E-state index contributed by atoms with van der Waals surface area (Å²) >= 11 is 0. The Hall–Kier alpha value is -1.24. The van der Waals surface area contributed by atoms with Gasteiger partial charge in [-0.2, -0.15) is 0 Å². The lowest BCUT2D eigenvalue weighted by Crippen LogP contribution is -2.08. The Morgan fingerprint density at radius 3 is 2.85 bits per heavy atom. The molecule has 13 heavy (non-hydrogen) atoms. The Balaban J connectivity index is 2.41. The van der Waals surface area contributed by atoms with Crippen molar-refractivity contribution in [2.45, 2.75) is 19.3 Å². The second kappa shape index (κ2) is 3.25. The van der Waals surface area contributed by atoms with Crippen LogP contribution in [0.5, 0.6) is 0 Å². The highest BCUT2D eigenvalue weighted by molar-refractivity contribution is 5.39. The van der Waals surface area contributed by atoms with Crippen LogP contribution < -0.4 is 0 Å². The van der Waals surface area contributed by atoms with E-state index in [2.05, 4.69) is 37.3 Å². The summed E-state index contributed by atoms with van der Waals surface area (Å²) in [6.45, 7) is 2.19. The Bertz CT molecular complexity index is 339. The van der Waals surface area contributed by atoms with Gasteiger partial charge in [-0.05, 0) is 23.6 Å².